The third-order valence-electron chi connectivity index (χ3n) is 5.00. The Morgan fingerprint density at radius 3 is 2.31 bits per heavy atom. The van der Waals surface area contributed by atoms with Crippen molar-refractivity contribution in [2.45, 2.75) is 18.9 Å². The summed E-state index contributed by atoms with van der Waals surface area (Å²) in [6.07, 6.45) is 1.91. The predicted molar refractivity (Wildman–Crippen MR) is 104 cm³/mol. The van der Waals surface area contributed by atoms with Gasteiger partial charge in [-0.3, -0.25) is 9.59 Å². The van der Waals surface area contributed by atoms with E-state index in [1.807, 2.05) is 42.3 Å². The number of rotatable bonds is 4. The molecule has 0 saturated carbocycles. The van der Waals surface area contributed by atoms with E-state index in [4.69, 9.17) is 0 Å². The van der Waals surface area contributed by atoms with Gasteiger partial charge in [0.05, 0.1) is 0 Å². The molecular formula is C21H25N3O2. The first kappa shape index (κ1) is 18.1. The van der Waals surface area contributed by atoms with E-state index in [9.17, 15) is 9.59 Å². The van der Waals surface area contributed by atoms with Crippen LogP contribution in [-0.2, 0) is 0 Å². The van der Waals surface area contributed by atoms with Gasteiger partial charge in [0, 0.05) is 43.0 Å². The van der Waals surface area contributed by atoms with Crippen molar-refractivity contribution in [3.8, 4) is 0 Å². The summed E-state index contributed by atoms with van der Waals surface area (Å²) < 4.78 is 0. The van der Waals surface area contributed by atoms with Gasteiger partial charge in [-0.1, -0.05) is 24.3 Å². The van der Waals surface area contributed by atoms with Crippen LogP contribution in [0.2, 0.25) is 0 Å². The van der Waals surface area contributed by atoms with Crippen LogP contribution in [0.15, 0.2) is 54.6 Å². The molecule has 136 valence electrons. The third kappa shape index (κ3) is 3.94. The Bertz CT molecular complexity index is 768. The van der Waals surface area contributed by atoms with Gasteiger partial charge >= 0.3 is 0 Å². The maximum Gasteiger partial charge on any atom is 0.258 e. The van der Waals surface area contributed by atoms with Crippen LogP contribution in [0.25, 0.3) is 0 Å². The first-order chi connectivity index (χ1) is 12.6. The molecule has 0 radical (unpaired) electrons. The van der Waals surface area contributed by atoms with Crippen LogP contribution in [0.1, 0.15) is 33.6 Å². The lowest BCUT2D eigenvalue weighted by Gasteiger charge is -2.32. The van der Waals surface area contributed by atoms with Crippen LogP contribution in [0, 0.1) is 0 Å². The molecule has 1 fully saturated rings. The number of para-hydroxylation sites is 1. The highest BCUT2D eigenvalue weighted by Crippen LogP contribution is 2.18. The average Bonchev–Trinajstić information content (AvgIpc) is 2.73. The Labute approximate surface area is 154 Å². The molecule has 0 unspecified atom stereocenters. The van der Waals surface area contributed by atoms with E-state index < -0.39 is 0 Å². The zero-order valence-electron chi connectivity index (χ0n) is 15.3. The summed E-state index contributed by atoms with van der Waals surface area (Å²) in [6.45, 7) is 1.48. The van der Waals surface area contributed by atoms with Gasteiger partial charge in [-0.25, -0.2) is 0 Å². The average molecular weight is 351 g/mol. The van der Waals surface area contributed by atoms with Crippen LogP contribution in [0.3, 0.4) is 0 Å². The van der Waals surface area contributed by atoms with Gasteiger partial charge in [0.15, 0.2) is 0 Å². The number of hydrogen-bond acceptors (Lipinski definition) is 3. The molecular weight excluding hydrogens is 326 g/mol. The highest BCUT2D eigenvalue weighted by molar-refractivity contribution is 6.07. The topological polar surface area (TPSA) is 52.7 Å². The predicted octanol–water partition coefficient (Wildman–Crippen LogP) is 2.79. The zero-order chi connectivity index (χ0) is 18.5. The Balaban J connectivity index is 1.74. The van der Waals surface area contributed by atoms with E-state index in [0.29, 0.717) is 17.2 Å². The minimum atomic E-state index is -0.125. The second kappa shape index (κ2) is 8.15. The lowest BCUT2D eigenvalue weighted by molar-refractivity contribution is 0.0707. The lowest BCUT2D eigenvalue weighted by atomic mass is 10.0. The molecule has 0 spiro atoms. The fourth-order valence-electron chi connectivity index (χ4n) is 3.30. The van der Waals surface area contributed by atoms with Crippen molar-refractivity contribution < 1.29 is 9.59 Å². The summed E-state index contributed by atoms with van der Waals surface area (Å²) in [6, 6.07) is 17.0. The van der Waals surface area contributed by atoms with Gasteiger partial charge in [-0.05, 0) is 50.2 Å². The van der Waals surface area contributed by atoms with Crippen LogP contribution < -0.4 is 10.2 Å². The fourth-order valence-corrected chi connectivity index (χ4v) is 3.30. The first-order valence-electron chi connectivity index (χ1n) is 9.00. The van der Waals surface area contributed by atoms with Gasteiger partial charge in [-0.15, -0.1) is 0 Å². The van der Waals surface area contributed by atoms with Crippen molar-refractivity contribution in [3.63, 3.8) is 0 Å². The van der Waals surface area contributed by atoms with Crippen molar-refractivity contribution in [2.24, 2.45) is 0 Å². The Kier molecular flexibility index (Phi) is 5.68. The minimum Gasteiger partial charge on any atom is -0.339 e. The van der Waals surface area contributed by atoms with Crippen LogP contribution in [-0.4, -0.2) is 49.9 Å². The van der Waals surface area contributed by atoms with Crippen LogP contribution in [0.5, 0.6) is 0 Å². The quantitative estimate of drug-likeness (QED) is 0.922. The largest absolute Gasteiger partial charge is 0.339 e. The molecule has 3 rings (SSSR count). The number of likely N-dealkylation sites (tertiary alicyclic amines) is 1. The normalized spacial score (nSPS) is 14.9. The van der Waals surface area contributed by atoms with E-state index in [-0.39, 0.29) is 11.8 Å². The highest BCUT2D eigenvalue weighted by Gasteiger charge is 2.23. The highest BCUT2D eigenvalue weighted by atomic mass is 16.2. The molecule has 5 heteroatoms. The van der Waals surface area contributed by atoms with Crippen molar-refractivity contribution >= 4 is 17.5 Å². The Hall–Kier alpha value is -2.66. The second-order valence-electron chi connectivity index (χ2n) is 6.64. The molecule has 26 heavy (non-hydrogen) atoms. The summed E-state index contributed by atoms with van der Waals surface area (Å²) in [5.74, 6) is -0.128. The number of anilines is 1. The molecule has 2 aromatic carbocycles. The van der Waals surface area contributed by atoms with E-state index >= 15 is 0 Å². The molecule has 0 atom stereocenters. The maximum atomic E-state index is 12.8. The summed E-state index contributed by atoms with van der Waals surface area (Å²) in [5.41, 5.74) is 1.91. The van der Waals surface area contributed by atoms with Crippen molar-refractivity contribution in [1.29, 1.82) is 0 Å². The molecule has 1 heterocycles. The minimum absolute atomic E-state index is 0.00318. The van der Waals surface area contributed by atoms with Gasteiger partial charge in [-0.2, -0.15) is 0 Å². The molecule has 0 bridgehead atoms. The maximum absolute atomic E-state index is 12.8. The number of hydrogen-bond donors (Lipinski definition) is 1. The Morgan fingerprint density at radius 1 is 1.00 bits per heavy atom. The molecule has 2 aromatic rings. The molecule has 0 aromatic heterocycles. The number of carbonyl (C=O) groups is 2. The fraction of sp³-hybridized carbons (Fsp3) is 0.333. The van der Waals surface area contributed by atoms with Gasteiger partial charge < -0.3 is 15.1 Å². The number of nitrogens with one attached hydrogen (secondary N) is 1. The smallest absolute Gasteiger partial charge is 0.258 e. The SMILES string of the molecule is CNC1CCN(C(=O)c2cccc(C(=O)N(C)c3ccccc3)c2)CC1. The standard InChI is InChI=1S/C21H25N3O2/c1-22-18-11-13-24(14-12-18)21(26)17-8-6-7-16(15-17)20(25)23(2)19-9-4-3-5-10-19/h3-10,15,18,22H,11-14H2,1-2H3. The summed E-state index contributed by atoms with van der Waals surface area (Å²) in [5, 5.41) is 3.27. The van der Waals surface area contributed by atoms with Gasteiger partial charge in [0.2, 0.25) is 0 Å². The molecule has 1 N–H and O–H groups in total. The van der Waals surface area contributed by atoms with Gasteiger partial charge in [0.25, 0.3) is 11.8 Å². The van der Waals surface area contributed by atoms with E-state index in [2.05, 4.69) is 5.32 Å². The molecule has 1 aliphatic rings. The van der Waals surface area contributed by atoms with E-state index in [0.717, 1.165) is 31.6 Å². The van der Waals surface area contributed by atoms with E-state index in [1.165, 1.54) is 0 Å². The summed E-state index contributed by atoms with van der Waals surface area (Å²) in [7, 11) is 3.70. The van der Waals surface area contributed by atoms with Crippen molar-refractivity contribution in [3.05, 3.63) is 65.7 Å². The molecule has 5 nitrogen and oxygen atoms in total. The first-order valence-corrected chi connectivity index (χ1v) is 9.00. The second-order valence-corrected chi connectivity index (χ2v) is 6.64. The van der Waals surface area contributed by atoms with E-state index in [1.54, 1.807) is 36.2 Å². The monoisotopic (exact) mass is 351 g/mol. The van der Waals surface area contributed by atoms with Gasteiger partial charge in [0.1, 0.15) is 0 Å². The third-order valence-corrected chi connectivity index (χ3v) is 5.00. The number of nitrogens with zero attached hydrogens (tertiary/aromatic N) is 2. The molecule has 1 aliphatic heterocycles. The van der Waals surface area contributed by atoms with Crippen LogP contribution >= 0.6 is 0 Å². The number of piperidine rings is 1. The lowest BCUT2D eigenvalue weighted by Crippen LogP contribution is -2.44. The summed E-state index contributed by atoms with van der Waals surface area (Å²) >= 11 is 0. The summed E-state index contributed by atoms with van der Waals surface area (Å²) in [4.78, 5) is 29.0. The molecule has 1 saturated heterocycles. The molecule has 0 aliphatic carbocycles. The van der Waals surface area contributed by atoms with Crippen molar-refractivity contribution in [1.82, 2.24) is 10.2 Å². The number of amides is 2. The Morgan fingerprint density at radius 2 is 1.65 bits per heavy atom. The zero-order valence-corrected chi connectivity index (χ0v) is 15.3. The number of benzene rings is 2. The van der Waals surface area contributed by atoms with Crippen LogP contribution in [0.4, 0.5) is 5.69 Å². The molecule has 2 amide bonds. The number of carbonyl (C=O) groups excluding carboxylic acids is 2. The van der Waals surface area contributed by atoms with Crippen molar-refractivity contribution in [2.75, 3.05) is 32.1 Å².